The van der Waals surface area contributed by atoms with Gasteiger partial charge in [0.15, 0.2) is 0 Å². The minimum atomic E-state index is 0.527. The Morgan fingerprint density at radius 3 is 2.33 bits per heavy atom. The number of nitrogens with zero attached hydrogens (tertiary/aromatic N) is 1. The molecule has 0 radical (unpaired) electrons. The number of aromatic amines is 1. The van der Waals surface area contributed by atoms with Gasteiger partial charge in [-0.2, -0.15) is 0 Å². The van der Waals surface area contributed by atoms with Gasteiger partial charge in [0.05, 0.1) is 0 Å². The number of nitrogens with one attached hydrogen (secondary N) is 1. The predicted octanol–water partition coefficient (Wildman–Crippen LogP) is 4.58. The fourth-order valence-electron chi connectivity index (χ4n) is 1.12. The molecule has 0 atom stereocenters. The first-order valence-electron chi connectivity index (χ1n) is 5.37. The normalized spacial score (nSPS) is 8.67. The van der Waals surface area contributed by atoms with E-state index in [0.717, 1.165) is 11.0 Å². The molecule has 0 unspecified atom stereocenters. The van der Waals surface area contributed by atoms with Crippen molar-refractivity contribution in [3.63, 3.8) is 0 Å². The van der Waals surface area contributed by atoms with Crippen LogP contribution in [0.25, 0.3) is 11.0 Å². The number of aryl methyl sites for hydroxylation is 1. The van der Waals surface area contributed by atoms with Crippen LogP contribution in [0.4, 0.5) is 0 Å². The number of hydrogen-bond donors (Lipinski definition) is 1. The molecule has 0 spiro atoms. The zero-order valence-electron chi connectivity index (χ0n) is 10.1. The summed E-state index contributed by atoms with van der Waals surface area (Å²) in [6.45, 7) is 10.0. The Morgan fingerprint density at radius 1 is 1.13 bits per heavy atom. The van der Waals surface area contributed by atoms with Crippen molar-refractivity contribution in [1.82, 2.24) is 9.97 Å². The summed E-state index contributed by atoms with van der Waals surface area (Å²) in [7, 11) is 0. The van der Waals surface area contributed by atoms with Crippen molar-refractivity contribution in [2.45, 2.75) is 34.6 Å². The molecule has 84 valence electrons. The maximum atomic E-state index is 5.70. The fourth-order valence-corrected chi connectivity index (χ4v) is 1.27. The molecule has 0 saturated carbocycles. The highest BCUT2D eigenvalue weighted by molar-refractivity contribution is 6.29. The first kappa shape index (κ1) is 14.0. The quantitative estimate of drug-likeness (QED) is 0.655. The summed E-state index contributed by atoms with van der Waals surface area (Å²) in [5, 5.41) is 1.66. The maximum Gasteiger partial charge on any atom is 0.139 e. The van der Waals surface area contributed by atoms with Crippen LogP contribution in [0.1, 0.15) is 33.3 Å². The van der Waals surface area contributed by atoms with E-state index in [4.69, 9.17) is 11.6 Å². The van der Waals surface area contributed by atoms with Crippen molar-refractivity contribution in [2.75, 3.05) is 0 Å². The first-order chi connectivity index (χ1) is 7.27. The molecule has 2 aromatic rings. The van der Waals surface area contributed by atoms with Crippen LogP contribution < -0.4 is 0 Å². The second-order valence-corrected chi connectivity index (χ2v) is 2.89. The summed E-state index contributed by atoms with van der Waals surface area (Å²) in [6, 6.07) is 3.77. The molecule has 2 aromatic heterocycles. The molecule has 0 bridgehead atoms. The Hall–Kier alpha value is -1.02. The molecule has 15 heavy (non-hydrogen) atoms. The fraction of sp³-hybridized carbons (Fsp3) is 0.417. The zero-order chi connectivity index (χ0) is 11.8. The van der Waals surface area contributed by atoms with Crippen molar-refractivity contribution in [3.8, 4) is 0 Å². The molecule has 0 aliphatic rings. The monoisotopic (exact) mass is 226 g/mol. The Morgan fingerprint density at radius 2 is 1.73 bits per heavy atom. The molecular weight excluding hydrogens is 208 g/mol. The Kier molecular flexibility index (Phi) is 6.80. The smallest absolute Gasteiger partial charge is 0.139 e. The van der Waals surface area contributed by atoms with Crippen molar-refractivity contribution in [2.24, 2.45) is 0 Å². The third kappa shape index (κ3) is 3.56. The van der Waals surface area contributed by atoms with Crippen LogP contribution in [0.15, 0.2) is 18.3 Å². The van der Waals surface area contributed by atoms with Gasteiger partial charge in [-0.25, -0.2) is 4.98 Å². The van der Waals surface area contributed by atoms with Gasteiger partial charge in [-0.1, -0.05) is 39.3 Å². The van der Waals surface area contributed by atoms with Gasteiger partial charge < -0.3 is 4.98 Å². The summed E-state index contributed by atoms with van der Waals surface area (Å²) < 4.78 is 0. The number of hydrogen-bond acceptors (Lipinski definition) is 1. The summed E-state index contributed by atoms with van der Waals surface area (Å²) in [6.07, 6.45) is 1.92. The van der Waals surface area contributed by atoms with Crippen LogP contribution in [-0.4, -0.2) is 9.97 Å². The average molecular weight is 227 g/mol. The molecule has 2 heterocycles. The van der Waals surface area contributed by atoms with Gasteiger partial charge in [-0.05, 0) is 24.6 Å². The molecule has 0 aliphatic heterocycles. The van der Waals surface area contributed by atoms with Crippen molar-refractivity contribution >= 4 is 22.6 Å². The lowest BCUT2D eigenvalue weighted by Gasteiger charge is -1.90. The van der Waals surface area contributed by atoms with Gasteiger partial charge >= 0.3 is 0 Å². The summed E-state index contributed by atoms with van der Waals surface area (Å²) >= 11 is 5.70. The number of pyridine rings is 1. The molecule has 0 saturated heterocycles. The van der Waals surface area contributed by atoms with E-state index < -0.39 is 0 Å². The maximum absolute atomic E-state index is 5.70. The lowest BCUT2D eigenvalue weighted by atomic mass is 10.2. The molecular formula is C12H19ClN2. The van der Waals surface area contributed by atoms with Gasteiger partial charge in [0, 0.05) is 11.6 Å². The highest BCUT2D eigenvalue weighted by Crippen LogP contribution is 2.17. The van der Waals surface area contributed by atoms with Crippen LogP contribution in [-0.2, 0) is 0 Å². The molecule has 2 rings (SSSR count). The van der Waals surface area contributed by atoms with Crippen LogP contribution >= 0.6 is 11.6 Å². The minimum Gasteiger partial charge on any atom is -0.346 e. The molecule has 3 heteroatoms. The number of fused-ring (bicyclic) bond motifs is 1. The van der Waals surface area contributed by atoms with Gasteiger partial charge in [0.25, 0.3) is 0 Å². The van der Waals surface area contributed by atoms with Crippen molar-refractivity contribution < 1.29 is 0 Å². The first-order valence-corrected chi connectivity index (χ1v) is 5.75. The molecule has 1 N–H and O–H groups in total. The van der Waals surface area contributed by atoms with E-state index in [1.54, 1.807) is 6.07 Å². The van der Waals surface area contributed by atoms with E-state index in [2.05, 4.69) is 9.97 Å². The Labute approximate surface area is 96.7 Å². The number of rotatable bonds is 0. The average Bonchev–Trinajstić information content (AvgIpc) is 2.65. The predicted molar refractivity (Wildman–Crippen MR) is 68.5 cm³/mol. The lowest BCUT2D eigenvalue weighted by Crippen LogP contribution is -1.75. The highest BCUT2D eigenvalue weighted by atomic mass is 35.5. The van der Waals surface area contributed by atoms with Gasteiger partial charge in [-0.15, -0.1) is 0 Å². The minimum absolute atomic E-state index is 0.527. The van der Waals surface area contributed by atoms with E-state index in [1.165, 1.54) is 5.56 Å². The third-order valence-electron chi connectivity index (χ3n) is 1.71. The van der Waals surface area contributed by atoms with Gasteiger partial charge in [0.1, 0.15) is 10.8 Å². The molecule has 0 fully saturated rings. The molecule has 0 amide bonds. The van der Waals surface area contributed by atoms with E-state index >= 15 is 0 Å². The van der Waals surface area contributed by atoms with E-state index in [9.17, 15) is 0 Å². The lowest BCUT2D eigenvalue weighted by molar-refractivity contribution is 1.32. The second-order valence-electron chi connectivity index (χ2n) is 2.50. The van der Waals surface area contributed by atoms with Crippen molar-refractivity contribution in [1.29, 1.82) is 0 Å². The molecule has 0 aliphatic carbocycles. The van der Waals surface area contributed by atoms with E-state index in [0.29, 0.717) is 5.15 Å². The summed E-state index contributed by atoms with van der Waals surface area (Å²) in [5.74, 6) is 0. The highest BCUT2D eigenvalue weighted by Gasteiger charge is 1.99. The van der Waals surface area contributed by atoms with Crippen molar-refractivity contribution in [3.05, 3.63) is 29.0 Å². The number of halogens is 1. The van der Waals surface area contributed by atoms with E-state index in [1.807, 2.05) is 46.9 Å². The SMILES string of the molecule is CC.CC.Cc1c[nH]c2nc(Cl)ccc12. The summed E-state index contributed by atoms with van der Waals surface area (Å²) in [4.78, 5) is 7.14. The van der Waals surface area contributed by atoms with Crippen LogP contribution in [0.5, 0.6) is 0 Å². The Balaban J connectivity index is 0.000000442. The number of aromatic nitrogens is 2. The van der Waals surface area contributed by atoms with Gasteiger partial charge in [-0.3, -0.25) is 0 Å². The Bertz CT molecular complexity index is 393. The van der Waals surface area contributed by atoms with Crippen LogP contribution in [0, 0.1) is 6.92 Å². The second kappa shape index (κ2) is 7.30. The standard InChI is InChI=1S/C8H7ClN2.2C2H6/c1-5-4-10-8-6(5)2-3-7(9)11-8;2*1-2/h2-4H,1H3,(H,10,11);2*1-2H3. The van der Waals surface area contributed by atoms with E-state index in [-0.39, 0.29) is 0 Å². The zero-order valence-corrected chi connectivity index (χ0v) is 10.8. The number of H-pyrrole nitrogens is 1. The van der Waals surface area contributed by atoms with Crippen LogP contribution in [0.2, 0.25) is 5.15 Å². The third-order valence-corrected chi connectivity index (χ3v) is 1.92. The molecule has 0 aromatic carbocycles. The summed E-state index contributed by atoms with van der Waals surface area (Å²) in [5.41, 5.74) is 2.05. The largest absolute Gasteiger partial charge is 0.346 e. The van der Waals surface area contributed by atoms with Crippen LogP contribution in [0.3, 0.4) is 0 Å². The molecule has 2 nitrogen and oxygen atoms in total. The topological polar surface area (TPSA) is 28.7 Å². The van der Waals surface area contributed by atoms with Gasteiger partial charge in [0.2, 0.25) is 0 Å².